The van der Waals surface area contributed by atoms with Crippen molar-refractivity contribution in [1.82, 2.24) is 4.98 Å². The topological polar surface area (TPSA) is 73.1 Å². The van der Waals surface area contributed by atoms with Crippen molar-refractivity contribution in [3.63, 3.8) is 0 Å². The summed E-state index contributed by atoms with van der Waals surface area (Å²) in [5, 5.41) is 9.11. The second kappa shape index (κ2) is 4.26. The minimum absolute atomic E-state index is 0.528. The molecule has 5 nitrogen and oxygen atoms in total. The highest BCUT2D eigenvalue weighted by atomic mass is 35.5. The average Bonchev–Trinajstić information content (AvgIpc) is 2.16. The molecule has 0 aliphatic carbocycles. The Labute approximate surface area is 86.8 Å². The lowest BCUT2D eigenvalue weighted by Gasteiger charge is -2.02. The number of alkyl halides is 2. The van der Waals surface area contributed by atoms with Gasteiger partial charge in [0.2, 0.25) is 0 Å². The number of carbonyl (C=O) groups is 1. The highest BCUT2D eigenvalue weighted by Gasteiger charge is 2.22. The monoisotopic (exact) mass is 236 g/mol. The van der Waals surface area contributed by atoms with Crippen LogP contribution in [0.2, 0.25) is 0 Å². The van der Waals surface area contributed by atoms with Crippen molar-refractivity contribution in [1.29, 1.82) is 0 Å². The fourth-order valence-corrected chi connectivity index (χ4v) is 1.06. The highest BCUT2D eigenvalue weighted by Crippen LogP contribution is 2.26. The Bertz CT molecular complexity index is 425. The van der Waals surface area contributed by atoms with Gasteiger partial charge in [-0.25, -0.2) is 8.78 Å². The zero-order valence-electron chi connectivity index (χ0n) is 6.99. The van der Waals surface area contributed by atoms with Gasteiger partial charge in [-0.05, 0) is 21.5 Å². The Morgan fingerprint density at radius 2 is 2.20 bits per heavy atom. The van der Waals surface area contributed by atoms with E-state index in [4.69, 9.17) is 11.6 Å². The van der Waals surface area contributed by atoms with Crippen LogP contribution in [0.5, 0.6) is 0 Å². The minimum Gasteiger partial charge on any atom is -0.358 e. The van der Waals surface area contributed by atoms with Gasteiger partial charge >= 0.3 is 5.82 Å². The Kier molecular flexibility index (Phi) is 3.25. The lowest BCUT2D eigenvalue weighted by molar-refractivity contribution is -0.389. The van der Waals surface area contributed by atoms with Gasteiger partial charge in [0.15, 0.2) is 6.20 Å². The Morgan fingerprint density at radius 3 is 2.60 bits per heavy atom. The van der Waals surface area contributed by atoms with Gasteiger partial charge in [0.25, 0.3) is 11.7 Å². The van der Waals surface area contributed by atoms with Crippen LogP contribution in [0.15, 0.2) is 12.3 Å². The largest absolute Gasteiger partial charge is 0.363 e. The van der Waals surface area contributed by atoms with Crippen molar-refractivity contribution >= 4 is 22.7 Å². The maximum Gasteiger partial charge on any atom is 0.363 e. The lowest BCUT2D eigenvalue weighted by Crippen LogP contribution is -2.02. The molecule has 0 aliphatic heterocycles. The summed E-state index contributed by atoms with van der Waals surface area (Å²) >= 11 is 5.00. The van der Waals surface area contributed by atoms with Gasteiger partial charge in [-0.1, -0.05) is 0 Å². The van der Waals surface area contributed by atoms with Crippen LogP contribution < -0.4 is 0 Å². The minimum atomic E-state index is -3.02. The van der Waals surface area contributed by atoms with E-state index in [9.17, 15) is 23.7 Å². The van der Waals surface area contributed by atoms with Gasteiger partial charge in [-0.2, -0.15) is 0 Å². The van der Waals surface area contributed by atoms with Crippen molar-refractivity contribution in [2.75, 3.05) is 0 Å². The van der Waals surface area contributed by atoms with E-state index in [-0.39, 0.29) is 0 Å². The molecule has 0 spiro atoms. The number of nitrogens with zero attached hydrogens (tertiary/aromatic N) is 2. The van der Waals surface area contributed by atoms with Crippen molar-refractivity contribution in [3.05, 3.63) is 33.5 Å². The number of hydrogen-bond acceptors (Lipinski definition) is 4. The summed E-state index contributed by atoms with van der Waals surface area (Å²) in [6.45, 7) is 0. The van der Waals surface area contributed by atoms with Gasteiger partial charge in [0.05, 0.1) is 5.56 Å². The second-order valence-electron chi connectivity index (χ2n) is 2.46. The lowest BCUT2D eigenvalue weighted by atomic mass is 10.1. The molecule has 1 rings (SSSR count). The molecule has 1 heterocycles. The van der Waals surface area contributed by atoms with Crippen molar-refractivity contribution in [3.8, 4) is 0 Å². The number of rotatable bonds is 3. The van der Waals surface area contributed by atoms with E-state index >= 15 is 0 Å². The highest BCUT2D eigenvalue weighted by molar-refractivity contribution is 6.67. The molecular formula is C7H3ClF2N2O3. The number of pyridine rings is 1. The summed E-state index contributed by atoms with van der Waals surface area (Å²) in [6, 6.07) is 0.528. The van der Waals surface area contributed by atoms with E-state index in [1.54, 1.807) is 0 Å². The number of aromatic nitrogens is 1. The van der Waals surface area contributed by atoms with Gasteiger partial charge < -0.3 is 10.1 Å². The van der Waals surface area contributed by atoms with Crippen molar-refractivity contribution in [2.45, 2.75) is 6.43 Å². The summed E-state index contributed by atoms with van der Waals surface area (Å²) in [5.41, 5.74) is -1.33. The first-order chi connectivity index (χ1) is 6.93. The van der Waals surface area contributed by atoms with E-state index in [0.29, 0.717) is 12.3 Å². The average molecular weight is 237 g/mol. The van der Waals surface area contributed by atoms with Crippen molar-refractivity contribution < 1.29 is 18.5 Å². The molecule has 0 atom stereocenters. The summed E-state index contributed by atoms with van der Waals surface area (Å²) in [4.78, 5) is 23.2. The molecule has 0 saturated heterocycles. The molecule has 0 saturated carbocycles. The molecule has 0 N–H and O–H groups in total. The van der Waals surface area contributed by atoms with Gasteiger partial charge in [0.1, 0.15) is 0 Å². The van der Waals surface area contributed by atoms with E-state index < -0.39 is 33.5 Å². The van der Waals surface area contributed by atoms with Crippen LogP contribution in [0.1, 0.15) is 22.3 Å². The zero-order chi connectivity index (χ0) is 11.6. The Balaban J connectivity index is 3.33. The van der Waals surface area contributed by atoms with Crippen LogP contribution in [0.25, 0.3) is 0 Å². The summed E-state index contributed by atoms with van der Waals surface area (Å²) in [7, 11) is 0. The summed E-state index contributed by atoms with van der Waals surface area (Å²) < 4.78 is 24.7. The molecule has 15 heavy (non-hydrogen) atoms. The predicted octanol–water partition coefficient (Wildman–Crippen LogP) is 2.31. The van der Waals surface area contributed by atoms with E-state index in [2.05, 4.69) is 4.98 Å². The fraction of sp³-hybridized carbons (Fsp3) is 0.143. The maximum absolute atomic E-state index is 12.4. The van der Waals surface area contributed by atoms with Crippen LogP contribution in [0, 0.1) is 10.1 Å². The van der Waals surface area contributed by atoms with E-state index in [0.717, 1.165) is 0 Å². The molecule has 0 fully saturated rings. The van der Waals surface area contributed by atoms with Crippen molar-refractivity contribution in [2.24, 2.45) is 0 Å². The number of carbonyl (C=O) groups excluding carboxylic acids is 1. The van der Waals surface area contributed by atoms with Gasteiger partial charge in [0, 0.05) is 11.6 Å². The predicted molar refractivity (Wildman–Crippen MR) is 46.0 cm³/mol. The third-order valence-electron chi connectivity index (χ3n) is 1.56. The van der Waals surface area contributed by atoms with Crippen LogP contribution in [0.4, 0.5) is 14.6 Å². The normalized spacial score (nSPS) is 10.4. The quantitative estimate of drug-likeness (QED) is 0.459. The van der Waals surface area contributed by atoms with Crippen LogP contribution >= 0.6 is 11.6 Å². The third-order valence-corrected chi connectivity index (χ3v) is 1.76. The molecule has 1 aromatic heterocycles. The molecule has 1 aromatic rings. The maximum atomic E-state index is 12.4. The molecule has 0 radical (unpaired) electrons. The molecule has 0 aliphatic rings. The summed E-state index contributed by atoms with van der Waals surface area (Å²) in [5.74, 6) is -0.757. The molecule has 0 amide bonds. The SMILES string of the molecule is O=C(Cl)c1cnc([N+](=O)[O-])cc1C(F)F. The first-order valence-electron chi connectivity index (χ1n) is 3.55. The van der Waals surface area contributed by atoms with Crippen LogP contribution in [-0.2, 0) is 0 Å². The van der Waals surface area contributed by atoms with Gasteiger partial charge in [-0.3, -0.25) is 4.79 Å². The molecular weight excluding hydrogens is 234 g/mol. The zero-order valence-corrected chi connectivity index (χ0v) is 7.74. The molecule has 0 aromatic carbocycles. The van der Waals surface area contributed by atoms with Crippen LogP contribution in [-0.4, -0.2) is 15.1 Å². The first kappa shape index (κ1) is 11.4. The van der Waals surface area contributed by atoms with E-state index in [1.165, 1.54) is 0 Å². The second-order valence-corrected chi connectivity index (χ2v) is 2.80. The third kappa shape index (κ3) is 2.44. The fourth-order valence-electron chi connectivity index (χ4n) is 0.904. The molecule has 0 unspecified atom stereocenters. The Morgan fingerprint density at radius 1 is 1.60 bits per heavy atom. The number of nitro groups is 1. The number of halogens is 3. The van der Waals surface area contributed by atoms with Crippen LogP contribution in [0.3, 0.4) is 0 Å². The number of hydrogen-bond donors (Lipinski definition) is 0. The standard InChI is InChI=1S/C7H3ClF2N2O3/c8-6(13)4-2-11-5(12(14)15)1-3(4)7(9)10/h1-2,7H. The van der Waals surface area contributed by atoms with E-state index in [1.807, 2.05) is 0 Å². The molecule has 80 valence electrons. The molecule has 8 heteroatoms. The molecule has 0 bridgehead atoms. The first-order valence-corrected chi connectivity index (χ1v) is 3.93. The Hall–Kier alpha value is -1.63. The van der Waals surface area contributed by atoms with Gasteiger partial charge in [-0.15, -0.1) is 0 Å². The summed E-state index contributed by atoms with van der Waals surface area (Å²) in [6.07, 6.45) is -2.36. The smallest absolute Gasteiger partial charge is 0.358 e.